The third-order valence-electron chi connectivity index (χ3n) is 39.5. The van der Waals surface area contributed by atoms with E-state index in [9.17, 15) is 33.6 Å². The topological polar surface area (TPSA) is 184 Å². The Morgan fingerprint density at radius 2 is 0.933 bits per heavy atom. The minimum Gasteiger partial charge on any atom is -0.465 e. The van der Waals surface area contributed by atoms with Crippen molar-refractivity contribution >= 4 is 41.8 Å². The molecule has 45 unspecified atom stereocenters. The summed E-state index contributed by atoms with van der Waals surface area (Å²) >= 11 is 0. The van der Waals surface area contributed by atoms with Gasteiger partial charge in [0.25, 0.3) is 0 Å². The number of cyclic esters (lactones) is 6. The lowest BCUT2D eigenvalue weighted by molar-refractivity contribution is -0.166. The molecule has 582 valence electrons. The van der Waals surface area contributed by atoms with E-state index in [1.807, 2.05) is 0 Å². The standard InChI is InChI=1S/C20H30O2.C19H26O4.C16H24O2.C13H20O2.C12H18O2.C11H16O2/c1-9-10(2)13-7-12(9)17-11-5-14(15(6-11)18(13)17)16-8-20(3,4)22-19(16)21;1-8-9(2)12-7-11(8)16-10-5-13(17(12)16)14(6-10)18(20)23-15-3-4-22-19(15)21;1-8-5-14-13-7-10(15(14)9(8)2)6-12(13)11-3-4-18-16(11)17;1-7-8(2)10-5-9(7)6-11(10)12-3-4-13(14)15-12;1-7-8(2)10-5-9(7)6-12(10)3-4-14-11(12)13;1-5-6(2)8-3-7(5)9-4-13-11(12)10(8)9/h9-18H,5-8H2,1-4H3;8-17H,3-7H2,1-2H3;8-15H,3-7H2,1-2H3;7-12H,3-6H2,1-2H3;7-10H,3-6H2,1-2H3;5-10H,3-4H2,1-2H3. The minimum absolute atomic E-state index is 0.0310. The summed E-state index contributed by atoms with van der Waals surface area (Å²) in [6.45, 7) is 35.5. The first kappa shape index (κ1) is 72.8. The lowest BCUT2D eigenvalue weighted by Gasteiger charge is -2.44. The normalized spacial score (nSPS) is 57.2. The molecule has 23 rings (SSSR count). The van der Waals surface area contributed by atoms with Gasteiger partial charge in [-0.2, -0.15) is 0 Å². The van der Waals surface area contributed by atoms with Crippen LogP contribution in [0.25, 0.3) is 0 Å². The number of hydrogen-bond donors (Lipinski definition) is 0. The first-order chi connectivity index (χ1) is 50.1. The molecular formula is C91H134O14. The molecule has 0 aromatic heterocycles. The Morgan fingerprint density at radius 3 is 1.52 bits per heavy atom. The second kappa shape index (κ2) is 26.7. The van der Waals surface area contributed by atoms with Crippen LogP contribution in [0, 0.1) is 254 Å². The number of rotatable bonds is 5. The second-order valence-corrected chi connectivity index (χ2v) is 42.8. The molecule has 1 spiro atoms. The van der Waals surface area contributed by atoms with Crippen LogP contribution in [0.4, 0.5) is 0 Å². The summed E-state index contributed by atoms with van der Waals surface area (Å²) < 4.78 is 37.1. The van der Waals surface area contributed by atoms with Crippen LogP contribution >= 0.6 is 0 Å². The van der Waals surface area contributed by atoms with Crippen LogP contribution in [0.3, 0.4) is 0 Å². The zero-order valence-corrected chi connectivity index (χ0v) is 66.6. The fourth-order valence-electron chi connectivity index (χ4n) is 34.0. The monoisotopic (exact) mass is 1450 g/mol. The summed E-state index contributed by atoms with van der Waals surface area (Å²) in [7, 11) is 0. The Labute approximate surface area is 628 Å². The number of carbonyl (C=O) groups excluding carboxylic acids is 7. The zero-order valence-electron chi connectivity index (χ0n) is 66.6. The van der Waals surface area contributed by atoms with Gasteiger partial charge in [0.2, 0.25) is 6.10 Å². The molecule has 6 saturated heterocycles. The summed E-state index contributed by atoms with van der Waals surface area (Å²) in [5.74, 6) is 32.1. The molecule has 17 saturated carbocycles. The predicted octanol–water partition coefficient (Wildman–Crippen LogP) is 16.5. The lowest BCUT2D eigenvalue weighted by atomic mass is 9.60. The largest absolute Gasteiger partial charge is 0.465 e. The zero-order chi connectivity index (χ0) is 73.4. The Hall–Kier alpha value is -3.71. The minimum atomic E-state index is -0.642. The first-order valence-electron chi connectivity index (χ1n) is 44.4. The van der Waals surface area contributed by atoms with Crippen LogP contribution in [0.5, 0.6) is 0 Å². The van der Waals surface area contributed by atoms with Gasteiger partial charge >= 0.3 is 41.8 Å². The van der Waals surface area contributed by atoms with E-state index in [4.69, 9.17) is 33.2 Å². The van der Waals surface area contributed by atoms with Crippen molar-refractivity contribution in [3.63, 3.8) is 0 Å². The molecule has 0 N–H and O–H groups in total. The number of esters is 7. The van der Waals surface area contributed by atoms with Crippen molar-refractivity contribution in [2.24, 2.45) is 254 Å². The number of hydrogen-bond acceptors (Lipinski definition) is 14. The molecule has 0 aromatic rings. The summed E-state index contributed by atoms with van der Waals surface area (Å²) in [4.78, 5) is 82.9. The molecule has 23 fully saturated rings. The van der Waals surface area contributed by atoms with Crippen LogP contribution in [0.15, 0.2) is 0 Å². The van der Waals surface area contributed by atoms with Crippen molar-refractivity contribution in [2.75, 3.05) is 26.4 Å². The van der Waals surface area contributed by atoms with Gasteiger partial charge in [0.05, 0.1) is 55.5 Å². The number of carbonyl (C=O) groups is 7. The van der Waals surface area contributed by atoms with Crippen molar-refractivity contribution in [1.82, 2.24) is 0 Å². The van der Waals surface area contributed by atoms with E-state index in [0.717, 1.165) is 222 Å². The van der Waals surface area contributed by atoms with E-state index >= 15 is 0 Å². The SMILES string of the molecule is CC1C(C)C2CC1C1C3CC(C(=O)OC4CCOC4=O)C(C3)C21.CC1C(C)C2CC1C1C3CC(C4CC(C)(C)OC4=O)C(C3)C21.CC1C(C)C2CC1C1COC(=O)C21.CC1C2CC(C1C)C1(CCOC1=O)C2.CC1C2CC(C3CCC(=O)O3)C(C2)C1C.CC1CC2C3CC(CC3C3CCOC3=O)C2C1C. The van der Waals surface area contributed by atoms with Crippen LogP contribution in [-0.2, 0) is 66.7 Å². The fourth-order valence-corrected chi connectivity index (χ4v) is 34.0. The third kappa shape index (κ3) is 11.3. The predicted molar refractivity (Wildman–Crippen MR) is 393 cm³/mol. The van der Waals surface area contributed by atoms with Crippen LogP contribution in [0.1, 0.15) is 225 Å². The second-order valence-electron chi connectivity index (χ2n) is 42.8. The quantitative estimate of drug-likeness (QED) is 0.144. The van der Waals surface area contributed by atoms with Gasteiger partial charge in [-0.3, -0.25) is 28.8 Å². The third-order valence-corrected chi connectivity index (χ3v) is 39.5. The maximum Gasteiger partial charge on any atom is 0.347 e. The number of fused-ring (bicyclic) bond motifs is 33. The molecule has 6 heterocycles. The first-order valence-corrected chi connectivity index (χ1v) is 44.4. The number of ether oxygens (including phenoxy) is 7. The molecule has 6 aliphatic heterocycles. The van der Waals surface area contributed by atoms with Crippen LogP contribution in [0.2, 0.25) is 0 Å². The highest BCUT2D eigenvalue weighted by Gasteiger charge is 2.71. The van der Waals surface area contributed by atoms with Gasteiger partial charge < -0.3 is 33.2 Å². The molecule has 17 aliphatic carbocycles. The summed E-state index contributed by atoms with van der Waals surface area (Å²) in [5, 5.41) is 0. The molecule has 23 aliphatic rings. The van der Waals surface area contributed by atoms with Gasteiger partial charge in [-0.25, -0.2) is 4.79 Å². The molecule has 45 atom stereocenters. The van der Waals surface area contributed by atoms with Crippen molar-refractivity contribution in [2.45, 2.75) is 243 Å². The molecule has 14 nitrogen and oxygen atoms in total. The van der Waals surface area contributed by atoms with Gasteiger partial charge in [0, 0.05) is 25.2 Å². The highest BCUT2D eigenvalue weighted by molar-refractivity contribution is 5.82. The molecule has 0 amide bonds. The Morgan fingerprint density at radius 1 is 0.390 bits per heavy atom. The maximum atomic E-state index is 12.6. The Balaban J connectivity index is 0.0000000906. The molecule has 0 aromatic carbocycles. The van der Waals surface area contributed by atoms with Crippen molar-refractivity contribution in [3.8, 4) is 0 Å². The van der Waals surface area contributed by atoms with Gasteiger partial charge in [-0.05, 0) is 342 Å². The summed E-state index contributed by atoms with van der Waals surface area (Å²) in [6.07, 6.45) is 23.1. The average Bonchev–Trinajstić information content (AvgIpc) is 1.53. The average molecular weight is 1450 g/mol. The molecule has 16 bridgehead atoms. The molecule has 105 heavy (non-hydrogen) atoms. The van der Waals surface area contributed by atoms with Gasteiger partial charge in [-0.1, -0.05) is 83.1 Å². The van der Waals surface area contributed by atoms with Crippen molar-refractivity contribution in [3.05, 3.63) is 0 Å². The van der Waals surface area contributed by atoms with Gasteiger partial charge in [-0.15, -0.1) is 0 Å². The van der Waals surface area contributed by atoms with E-state index < -0.39 is 6.10 Å². The van der Waals surface area contributed by atoms with Gasteiger partial charge in [0.1, 0.15) is 11.7 Å². The van der Waals surface area contributed by atoms with E-state index in [2.05, 4.69) is 96.9 Å². The summed E-state index contributed by atoms with van der Waals surface area (Å²) in [5.41, 5.74) is -0.268. The Kier molecular flexibility index (Phi) is 18.5. The van der Waals surface area contributed by atoms with Crippen LogP contribution < -0.4 is 0 Å². The van der Waals surface area contributed by atoms with Crippen LogP contribution in [-0.4, -0.2) is 86.0 Å². The highest BCUT2D eigenvalue weighted by Crippen LogP contribution is 2.75. The van der Waals surface area contributed by atoms with E-state index in [1.54, 1.807) is 0 Å². The molecule has 0 radical (unpaired) electrons. The lowest BCUT2D eigenvalue weighted by Crippen LogP contribution is -2.41. The fraction of sp³-hybridized carbons (Fsp3) is 0.923. The highest BCUT2D eigenvalue weighted by atomic mass is 16.6. The van der Waals surface area contributed by atoms with Gasteiger partial charge in [0.15, 0.2) is 0 Å². The van der Waals surface area contributed by atoms with E-state index in [-0.39, 0.29) is 82.6 Å². The summed E-state index contributed by atoms with van der Waals surface area (Å²) in [6, 6.07) is 0. The maximum absolute atomic E-state index is 12.6. The van der Waals surface area contributed by atoms with Crippen molar-refractivity contribution < 1.29 is 66.7 Å². The molecule has 14 heteroatoms. The van der Waals surface area contributed by atoms with Crippen molar-refractivity contribution in [1.29, 1.82) is 0 Å². The Bertz CT molecular complexity index is 3390. The van der Waals surface area contributed by atoms with E-state index in [1.165, 1.54) is 77.0 Å². The molecular weight excluding hydrogens is 1320 g/mol. The smallest absolute Gasteiger partial charge is 0.347 e. The van der Waals surface area contributed by atoms with E-state index in [0.29, 0.717) is 80.7 Å².